The van der Waals surface area contributed by atoms with E-state index >= 15 is 0 Å². The molecule has 31 heavy (non-hydrogen) atoms. The van der Waals surface area contributed by atoms with Gasteiger partial charge in [0.05, 0.1) is 21.3 Å². The number of aliphatic hydroxyl groups excluding tert-OH is 1. The zero-order valence-corrected chi connectivity index (χ0v) is 17.7. The summed E-state index contributed by atoms with van der Waals surface area (Å²) in [5.74, 6) is -5.59. The van der Waals surface area contributed by atoms with Gasteiger partial charge in [-0.2, -0.15) is 0 Å². The number of hydrogen-bond acceptors (Lipinski definition) is 4. The highest BCUT2D eigenvalue weighted by Gasteiger charge is 2.46. The van der Waals surface area contributed by atoms with Gasteiger partial charge in [-0.1, -0.05) is 11.6 Å². The molecule has 4 rings (SSSR count). The number of sulfone groups is 1. The number of halogens is 4. The van der Waals surface area contributed by atoms with Gasteiger partial charge in [0, 0.05) is 23.4 Å². The largest absolute Gasteiger partial charge is 0.393 e. The Kier molecular flexibility index (Phi) is 5.78. The molecule has 2 N–H and O–H groups in total. The molecule has 0 aromatic heterocycles. The van der Waals surface area contributed by atoms with Crippen LogP contribution in [0.5, 0.6) is 0 Å². The number of carbonyl (C=O) groups is 1. The summed E-state index contributed by atoms with van der Waals surface area (Å²) in [6.45, 7) is 0. The second-order valence-corrected chi connectivity index (χ2v) is 10.7. The first-order valence-electron chi connectivity index (χ1n) is 9.75. The van der Waals surface area contributed by atoms with E-state index in [1.165, 1.54) is 12.1 Å². The van der Waals surface area contributed by atoms with E-state index in [4.69, 9.17) is 11.6 Å². The zero-order valence-electron chi connectivity index (χ0n) is 16.1. The van der Waals surface area contributed by atoms with Gasteiger partial charge in [-0.3, -0.25) is 4.79 Å². The van der Waals surface area contributed by atoms with Gasteiger partial charge >= 0.3 is 0 Å². The van der Waals surface area contributed by atoms with Crippen LogP contribution >= 0.6 is 11.6 Å². The molecule has 1 unspecified atom stereocenters. The van der Waals surface area contributed by atoms with Gasteiger partial charge < -0.3 is 10.4 Å². The van der Waals surface area contributed by atoms with Gasteiger partial charge in [-0.25, -0.2) is 21.6 Å². The van der Waals surface area contributed by atoms with Crippen molar-refractivity contribution < 1.29 is 31.5 Å². The third-order valence-corrected chi connectivity index (χ3v) is 8.84. The number of fused-ring (bicyclic) bond motifs is 2. The first kappa shape index (κ1) is 22.1. The van der Waals surface area contributed by atoms with Crippen LogP contribution in [0.25, 0.3) is 0 Å². The lowest BCUT2D eigenvalue weighted by Gasteiger charge is -2.32. The number of nitrogens with one attached hydrogen (secondary N) is 1. The number of aliphatic hydroxyl groups is 1. The van der Waals surface area contributed by atoms with Crippen molar-refractivity contribution >= 4 is 33.0 Å². The summed E-state index contributed by atoms with van der Waals surface area (Å²) in [6.07, 6.45) is 1.70. The average Bonchev–Trinajstić information content (AvgIpc) is 2.91. The Morgan fingerprint density at radius 2 is 1.61 bits per heavy atom. The maximum absolute atomic E-state index is 13.4. The summed E-state index contributed by atoms with van der Waals surface area (Å²) in [7, 11) is -3.88. The van der Waals surface area contributed by atoms with Crippen LogP contribution in [-0.2, 0) is 9.84 Å². The normalized spacial score (nSPS) is 25.5. The van der Waals surface area contributed by atoms with Crippen molar-refractivity contribution in [2.75, 3.05) is 5.32 Å². The molecule has 0 heterocycles. The maximum atomic E-state index is 13.4. The molecular formula is C21H19ClF3NO4S. The topological polar surface area (TPSA) is 83.5 Å². The van der Waals surface area contributed by atoms with E-state index in [2.05, 4.69) is 5.32 Å². The molecule has 2 aliphatic carbocycles. The molecule has 2 aromatic rings. The number of benzene rings is 2. The molecule has 0 aliphatic heterocycles. The lowest BCUT2D eigenvalue weighted by atomic mass is 9.86. The predicted octanol–water partition coefficient (Wildman–Crippen LogP) is 4.33. The fraction of sp³-hybridized carbons (Fsp3) is 0.381. The van der Waals surface area contributed by atoms with Gasteiger partial charge in [0.15, 0.2) is 27.3 Å². The third-order valence-electron chi connectivity index (χ3n) is 6.19. The molecule has 2 fully saturated rings. The molecule has 2 aliphatic rings. The quantitative estimate of drug-likeness (QED) is 0.647. The molecule has 0 saturated heterocycles. The van der Waals surface area contributed by atoms with Crippen molar-refractivity contribution in [1.82, 2.24) is 0 Å². The van der Waals surface area contributed by atoms with Crippen molar-refractivity contribution in [3.05, 3.63) is 58.4 Å². The Bertz CT molecular complexity index is 1120. The number of anilines is 1. The van der Waals surface area contributed by atoms with Crippen molar-refractivity contribution in [2.24, 2.45) is 11.8 Å². The van der Waals surface area contributed by atoms with Crippen LogP contribution in [0.15, 0.2) is 35.2 Å². The van der Waals surface area contributed by atoms with E-state index in [9.17, 15) is 31.5 Å². The minimum atomic E-state index is -3.88. The van der Waals surface area contributed by atoms with Gasteiger partial charge in [-0.05, 0) is 55.7 Å². The molecule has 1 amide bonds. The molecule has 0 spiro atoms. The summed E-state index contributed by atoms with van der Waals surface area (Å²) < 4.78 is 66.4. The Morgan fingerprint density at radius 1 is 1.03 bits per heavy atom. The van der Waals surface area contributed by atoms with E-state index in [1.54, 1.807) is 0 Å². The molecule has 5 nitrogen and oxygen atoms in total. The first-order valence-corrected chi connectivity index (χ1v) is 11.7. The van der Waals surface area contributed by atoms with E-state index in [0.29, 0.717) is 25.0 Å². The van der Waals surface area contributed by atoms with Crippen LogP contribution in [0.3, 0.4) is 0 Å². The molecular weight excluding hydrogens is 455 g/mol. The number of carbonyl (C=O) groups excluding carboxylic acids is 1. The van der Waals surface area contributed by atoms with E-state index < -0.39 is 44.5 Å². The van der Waals surface area contributed by atoms with Crippen LogP contribution in [-0.4, -0.2) is 30.8 Å². The maximum Gasteiger partial charge on any atom is 0.255 e. The number of hydrogen-bond donors (Lipinski definition) is 2. The van der Waals surface area contributed by atoms with Gasteiger partial charge in [-0.15, -0.1) is 0 Å². The van der Waals surface area contributed by atoms with Crippen LogP contribution in [0.4, 0.5) is 18.9 Å². The van der Waals surface area contributed by atoms with E-state index in [-0.39, 0.29) is 33.0 Å². The lowest BCUT2D eigenvalue weighted by molar-refractivity contribution is 0.0618. The second kappa shape index (κ2) is 8.11. The highest BCUT2D eigenvalue weighted by atomic mass is 35.5. The van der Waals surface area contributed by atoms with E-state index in [1.807, 2.05) is 0 Å². The predicted molar refractivity (Wildman–Crippen MR) is 108 cm³/mol. The Hall–Kier alpha value is -2.10. The molecule has 2 aromatic carbocycles. The van der Waals surface area contributed by atoms with Crippen molar-refractivity contribution in [1.29, 1.82) is 0 Å². The van der Waals surface area contributed by atoms with Gasteiger partial charge in [0.2, 0.25) is 0 Å². The zero-order chi connectivity index (χ0) is 22.5. The molecule has 166 valence electrons. The van der Waals surface area contributed by atoms with Gasteiger partial charge in [0.25, 0.3) is 5.91 Å². The van der Waals surface area contributed by atoms with Crippen molar-refractivity contribution in [3.63, 3.8) is 0 Å². The van der Waals surface area contributed by atoms with Crippen LogP contribution in [0, 0.1) is 29.3 Å². The highest BCUT2D eigenvalue weighted by molar-refractivity contribution is 7.92. The Morgan fingerprint density at radius 3 is 2.19 bits per heavy atom. The smallest absolute Gasteiger partial charge is 0.255 e. The van der Waals surface area contributed by atoms with E-state index in [0.717, 1.165) is 18.9 Å². The van der Waals surface area contributed by atoms with Crippen molar-refractivity contribution in [2.45, 2.75) is 41.9 Å². The monoisotopic (exact) mass is 473 g/mol. The fourth-order valence-electron chi connectivity index (χ4n) is 4.57. The standard InChI is InChI=1S/C21H19ClF3NO4S/c22-15-4-3-12(21(28)26-13-8-16(23)19(25)17(24)9-13)7-18(15)31(29,30)14-5-10-1-2-11(6-14)20(10)27/h3-4,7-11,14,20,27H,1-2,5-6H2,(H,26,28)/t10-,11?,14-,20+/m0/s1. The van der Waals surface area contributed by atoms with Crippen LogP contribution < -0.4 is 5.32 Å². The average molecular weight is 474 g/mol. The summed E-state index contributed by atoms with van der Waals surface area (Å²) >= 11 is 6.14. The summed E-state index contributed by atoms with van der Waals surface area (Å²) in [6, 6.07) is 4.90. The Labute approximate surface area is 182 Å². The number of amides is 1. The summed E-state index contributed by atoms with van der Waals surface area (Å²) in [5.41, 5.74) is -0.412. The third kappa shape index (κ3) is 4.06. The van der Waals surface area contributed by atoms with Gasteiger partial charge in [0.1, 0.15) is 0 Å². The molecule has 0 radical (unpaired) electrons. The lowest BCUT2D eigenvalue weighted by Crippen LogP contribution is -2.37. The number of rotatable bonds is 4. The van der Waals surface area contributed by atoms with Crippen molar-refractivity contribution in [3.8, 4) is 0 Å². The minimum Gasteiger partial charge on any atom is -0.393 e. The SMILES string of the molecule is O=C(Nc1cc(F)c(F)c(F)c1)c1ccc(Cl)c(S(=O)(=O)[C@@H]2CC3CC[C@@H](C2)[C@H]3O)c1. The first-order chi connectivity index (χ1) is 14.6. The summed E-state index contributed by atoms with van der Waals surface area (Å²) in [4.78, 5) is 12.3. The fourth-order valence-corrected chi connectivity index (χ4v) is 7.00. The van der Waals surface area contributed by atoms with Crippen LogP contribution in [0.2, 0.25) is 5.02 Å². The molecule has 4 atom stereocenters. The molecule has 2 saturated carbocycles. The summed E-state index contributed by atoms with van der Waals surface area (Å²) in [5, 5.41) is 11.6. The molecule has 10 heteroatoms. The highest BCUT2D eigenvalue weighted by Crippen LogP contribution is 2.46. The minimum absolute atomic E-state index is 0.0473. The molecule has 2 bridgehead atoms. The van der Waals surface area contributed by atoms with Crippen LogP contribution in [0.1, 0.15) is 36.0 Å². The Balaban J connectivity index is 1.60. The second-order valence-electron chi connectivity index (χ2n) is 8.08.